The van der Waals surface area contributed by atoms with Gasteiger partial charge >= 0.3 is 5.97 Å². The highest BCUT2D eigenvalue weighted by Gasteiger charge is 2.50. The number of ether oxygens (including phenoxy) is 1. The number of fused-ring (bicyclic) bond motifs is 1. The molecule has 1 aliphatic heterocycles. The van der Waals surface area contributed by atoms with Gasteiger partial charge in [0.05, 0.1) is 22.7 Å². The van der Waals surface area contributed by atoms with E-state index in [2.05, 4.69) is 0 Å². The van der Waals surface area contributed by atoms with Crippen molar-refractivity contribution in [2.24, 2.45) is 5.41 Å². The van der Waals surface area contributed by atoms with Gasteiger partial charge in [0.2, 0.25) is 0 Å². The number of rotatable bonds is 3. The molecule has 1 aromatic carbocycles. The first-order valence-electron chi connectivity index (χ1n) is 5.86. The summed E-state index contributed by atoms with van der Waals surface area (Å²) >= 11 is 0. The summed E-state index contributed by atoms with van der Waals surface area (Å²) in [5.74, 6) is -0.627. The van der Waals surface area contributed by atoms with E-state index in [1.807, 2.05) is 0 Å². The predicted octanol–water partition coefficient (Wildman–Crippen LogP) is 1.50. The molecule has 0 amide bonds. The van der Waals surface area contributed by atoms with Gasteiger partial charge in [0.15, 0.2) is 9.84 Å². The molecule has 0 saturated heterocycles. The lowest BCUT2D eigenvalue weighted by Crippen LogP contribution is -2.41. The molecular formula is C13H16O5S. The number of carboxylic acids is 1. The average Bonchev–Trinajstić information content (AvgIpc) is 2.61. The van der Waals surface area contributed by atoms with Gasteiger partial charge < -0.3 is 9.84 Å². The highest BCUT2D eigenvalue weighted by atomic mass is 32.2. The molecule has 1 aliphatic rings. The van der Waals surface area contributed by atoms with Crippen LogP contribution in [-0.2, 0) is 21.1 Å². The van der Waals surface area contributed by atoms with Crippen LogP contribution in [-0.4, -0.2) is 31.9 Å². The molecule has 1 aromatic rings. The molecule has 0 aliphatic carbocycles. The second kappa shape index (κ2) is 4.23. The Balaban J connectivity index is 2.61. The first-order valence-corrected chi connectivity index (χ1v) is 7.40. The van der Waals surface area contributed by atoms with Gasteiger partial charge in [-0.25, -0.2) is 8.42 Å². The summed E-state index contributed by atoms with van der Waals surface area (Å²) in [6.45, 7) is 2.88. The van der Waals surface area contributed by atoms with Crippen molar-refractivity contribution in [2.75, 3.05) is 7.11 Å². The van der Waals surface area contributed by atoms with Gasteiger partial charge in [-0.15, -0.1) is 0 Å². The lowest BCUT2D eigenvalue weighted by molar-refractivity contribution is -0.146. The molecule has 1 heterocycles. The van der Waals surface area contributed by atoms with Gasteiger partial charge in [-0.3, -0.25) is 4.79 Å². The van der Waals surface area contributed by atoms with Crippen LogP contribution < -0.4 is 4.74 Å². The third-order valence-corrected chi connectivity index (χ3v) is 6.24. The summed E-state index contributed by atoms with van der Waals surface area (Å²) in [5, 5.41) is 8.27. The number of carboxylic acid groups (broad SMARTS) is 1. The third kappa shape index (κ3) is 1.90. The summed E-state index contributed by atoms with van der Waals surface area (Å²) in [6, 6.07) is 4.79. The van der Waals surface area contributed by atoms with Crippen LogP contribution in [0.4, 0.5) is 0 Å². The number of benzene rings is 1. The maximum absolute atomic E-state index is 12.5. The van der Waals surface area contributed by atoms with Gasteiger partial charge in [0.25, 0.3) is 0 Å². The summed E-state index contributed by atoms with van der Waals surface area (Å²) in [5.41, 5.74) is -0.771. The molecule has 1 unspecified atom stereocenters. The van der Waals surface area contributed by atoms with Crippen molar-refractivity contribution in [2.45, 2.75) is 30.4 Å². The summed E-state index contributed by atoms with van der Waals surface area (Å²) in [7, 11) is -2.17. The monoisotopic (exact) mass is 284 g/mol. The van der Waals surface area contributed by atoms with Crippen LogP contribution in [0.2, 0.25) is 0 Å². The van der Waals surface area contributed by atoms with Crippen LogP contribution in [0.3, 0.4) is 0 Å². The fraction of sp³-hybridized carbons (Fsp3) is 0.462. The zero-order chi connectivity index (χ0) is 14.4. The summed E-state index contributed by atoms with van der Waals surface area (Å²) in [6.07, 6.45) is 0.168. The van der Waals surface area contributed by atoms with Gasteiger partial charge in [-0.1, -0.05) is 6.07 Å². The minimum Gasteiger partial charge on any atom is -0.496 e. The Morgan fingerprint density at radius 2 is 2.05 bits per heavy atom. The van der Waals surface area contributed by atoms with Crippen molar-refractivity contribution >= 4 is 15.8 Å². The van der Waals surface area contributed by atoms with E-state index in [0.717, 1.165) is 0 Å². The zero-order valence-corrected chi connectivity index (χ0v) is 11.8. The Bertz CT molecular complexity index is 630. The molecule has 0 fully saturated rings. The van der Waals surface area contributed by atoms with Crippen molar-refractivity contribution in [1.82, 2.24) is 0 Å². The Labute approximate surface area is 112 Å². The van der Waals surface area contributed by atoms with E-state index in [9.17, 15) is 18.3 Å². The first-order chi connectivity index (χ1) is 8.72. The molecule has 5 nitrogen and oxygen atoms in total. The minimum absolute atomic E-state index is 0.168. The van der Waals surface area contributed by atoms with Crippen molar-refractivity contribution < 1.29 is 23.1 Å². The quantitative estimate of drug-likeness (QED) is 0.909. The molecule has 104 valence electrons. The topological polar surface area (TPSA) is 80.7 Å². The molecule has 6 heteroatoms. The molecule has 1 atom stereocenters. The van der Waals surface area contributed by atoms with Crippen LogP contribution in [0.5, 0.6) is 5.75 Å². The van der Waals surface area contributed by atoms with E-state index in [0.29, 0.717) is 11.3 Å². The van der Waals surface area contributed by atoms with Crippen LogP contribution >= 0.6 is 0 Å². The van der Waals surface area contributed by atoms with Gasteiger partial charge in [-0.05, 0) is 32.4 Å². The van der Waals surface area contributed by atoms with Crippen molar-refractivity contribution in [3.63, 3.8) is 0 Å². The molecule has 1 N–H and O–H groups in total. The largest absolute Gasteiger partial charge is 0.496 e. The molecule has 0 spiro atoms. The van der Waals surface area contributed by atoms with Crippen LogP contribution in [0.15, 0.2) is 23.1 Å². The number of sulfone groups is 1. The molecular weight excluding hydrogens is 268 g/mol. The van der Waals surface area contributed by atoms with Gasteiger partial charge in [0, 0.05) is 5.56 Å². The molecule has 19 heavy (non-hydrogen) atoms. The van der Waals surface area contributed by atoms with Crippen molar-refractivity contribution in [3.05, 3.63) is 23.8 Å². The van der Waals surface area contributed by atoms with Crippen LogP contribution in [0.1, 0.15) is 19.4 Å². The Morgan fingerprint density at radius 3 is 2.58 bits per heavy atom. The molecule has 0 saturated carbocycles. The number of carbonyl (C=O) groups is 1. The number of hydrogen-bond acceptors (Lipinski definition) is 4. The molecule has 0 aromatic heterocycles. The number of aliphatic carboxylic acids is 1. The summed E-state index contributed by atoms with van der Waals surface area (Å²) < 4.78 is 30.1. The van der Waals surface area contributed by atoms with E-state index in [1.165, 1.54) is 27.0 Å². The highest BCUT2D eigenvalue weighted by molar-refractivity contribution is 7.92. The summed E-state index contributed by atoms with van der Waals surface area (Å²) in [4.78, 5) is 11.5. The van der Waals surface area contributed by atoms with E-state index in [1.54, 1.807) is 12.1 Å². The lowest BCUT2D eigenvalue weighted by atomic mass is 9.86. The average molecular weight is 284 g/mol. The van der Waals surface area contributed by atoms with Gasteiger partial charge in [0.1, 0.15) is 5.75 Å². The highest BCUT2D eigenvalue weighted by Crippen LogP contribution is 2.43. The Kier molecular flexibility index (Phi) is 3.09. The fourth-order valence-electron chi connectivity index (χ4n) is 2.43. The normalized spacial score (nSPS) is 20.9. The zero-order valence-electron chi connectivity index (χ0n) is 11.0. The lowest BCUT2D eigenvalue weighted by Gasteiger charge is -2.25. The minimum atomic E-state index is -3.64. The van der Waals surface area contributed by atoms with Crippen LogP contribution in [0.25, 0.3) is 0 Å². The smallest absolute Gasteiger partial charge is 0.310 e. The first kappa shape index (κ1) is 13.9. The van der Waals surface area contributed by atoms with E-state index in [-0.39, 0.29) is 11.3 Å². The maximum atomic E-state index is 12.5. The number of hydrogen-bond donors (Lipinski definition) is 1. The molecule has 0 radical (unpaired) electrons. The molecule has 0 bridgehead atoms. The number of methoxy groups -OCH3 is 1. The van der Waals surface area contributed by atoms with Crippen molar-refractivity contribution in [1.29, 1.82) is 0 Å². The van der Waals surface area contributed by atoms with E-state index < -0.39 is 26.5 Å². The standard InChI is InChI=1S/C13H16O5S/c1-13(2,12(14)15)11-7-8-9(18-3)5-4-6-10(8)19(11,16)17/h4-6,11H,7H2,1-3H3,(H,14,15). The fourth-order valence-corrected chi connectivity index (χ4v) is 4.80. The van der Waals surface area contributed by atoms with Gasteiger partial charge in [-0.2, -0.15) is 0 Å². The SMILES string of the molecule is COc1cccc2c1CC(C(C)(C)C(=O)O)S2(=O)=O. The predicted molar refractivity (Wildman–Crippen MR) is 69.1 cm³/mol. The Hall–Kier alpha value is -1.56. The van der Waals surface area contributed by atoms with E-state index in [4.69, 9.17) is 4.74 Å². The van der Waals surface area contributed by atoms with E-state index >= 15 is 0 Å². The third-order valence-electron chi connectivity index (χ3n) is 3.74. The second-order valence-electron chi connectivity index (χ2n) is 5.20. The maximum Gasteiger partial charge on any atom is 0.310 e. The Morgan fingerprint density at radius 1 is 1.42 bits per heavy atom. The molecule has 2 rings (SSSR count). The van der Waals surface area contributed by atoms with Crippen molar-refractivity contribution in [3.8, 4) is 5.75 Å². The van der Waals surface area contributed by atoms with Crippen LogP contribution in [0, 0.1) is 5.41 Å². The second-order valence-corrected chi connectivity index (χ2v) is 7.30.